The van der Waals surface area contributed by atoms with E-state index in [1.54, 1.807) is 18.2 Å². The first-order chi connectivity index (χ1) is 10.7. The van der Waals surface area contributed by atoms with Gasteiger partial charge in [0.2, 0.25) is 0 Å². The molecule has 2 aromatic carbocycles. The van der Waals surface area contributed by atoms with Gasteiger partial charge in [0.05, 0.1) is 11.0 Å². The van der Waals surface area contributed by atoms with Crippen LogP contribution in [0.2, 0.25) is 0 Å². The molecule has 4 nitrogen and oxygen atoms in total. The average molecular weight is 294 g/mol. The van der Waals surface area contributed by atoms with Crippen molar-refractivity contribution in [1.82, 2.24) is 0 Å². The number of non-ortho nitro benzene ring substituents is 1. The number of nitro groups is 1. The number of anilines is 1. The van der Waals surface area contributed by atoms with E-state index in [9.17, 15) is 10.1 Å². The highest BCUT2D eigenvalue weighted by molar-refractivity contribution is 5.46. The lowest BCUT2D eigenvalue weighted by Gasteiger charge is -2.19. The molecule has 0 saturated carbocycles. The Morgan fingerprint density at radius 1 is 1.14 bits per heavy atom. The quantitative estimate of drug-likeness (QED) is 0.450. The van der Waals surface area contributed by atoms with Crippen molar-refractivity contribution in [1.29, 1.82) is 0 Å². The van der Waals surface area contributed by atoms with Crippen LogP contribution in [0.15, 0.2) is 79.4 Å². The zero-order valence-corrected chi connectivity index (χ0v) is 12.2. The minimum absolute atomic E-state index is 0.0411. The molecule has 0 aromatic heterocycles. The number of hydrogen-bond donors (Lipinski definition) is 1. The van der Waals surface area contributed by atoms with E-state index in [1.165, 1.54) is 12.1 Å². The topological polar surface area (TPSA) is 55.2 Å². The summed E-state index contributed by atoms with van der Waals surface area (Å²) in [5.41, 5.74) is 2.12. The lowest BCUT2D eigenvalue weighted by molar-refractivity contribution is -0.384. The number of benzene rings is 2. The fourth-order valence-electron chi connectivity index (χ4n) is 2.15. The molecule has 1 atom stereocenters. The van der Waals surface area contributed by atoms with Gasteiger partial charge in [-0.1, -0.05) is 55.1 Å². The van der Waals surface area contributed by atoms with Crippen molar-refractivity contribution in [2.24, 2.45) is 0 Å². The zero-order valence-electron chi connectivity index (χ0n) is 12.2. The highest BCUT2D eigenvalue weighted by atomic mass is 16.6. The Bertz CT molecular complexity index is 649. The van der Waals surface area contributed by atoms with Crippen LogP contribution in [0, 0.1) is 10.1 Å². The molecule has 0 spiro atoms. The minimum atomic E-state index is -0.388. The summed E-state index contributed by atoms with van der Waals surface area (Å²) >= 11 is 0. The second-order valence-corrected chi connectivity index (χ2v) is 4.81. The van der Waals surface area contributed by atoms with Crippen LogP contribution in [-0.2, 0) is 0 Å². The van der Waals surface area contributed by atoms with Crippen LogP contribution in [-0.4, -0.2) is 4.92 Å². The van der Waals surface area contributed by atoms with E-state index < -0.39 is 0 Å². The van der Waals surface area contributed by atoms with Crippen LogP contribution in [0.3, 0.4) is 0 Å². The molecule has 112 valence electrons. The van der Waals surface area contributed by atoms with E-state index in [2.05, 4.69) is 11.9 Å². The molecule has 22 heavy (non-hydrogen) atoms. The minimum Gasteiger partial charge on any atom is -0.378 e. The van der Waals surface area contributed by atoms with Crippen molar-refractivity contribution in [2.45, 2.75) is 12.5 Å². The first-order valence-electron chi connectivity index (χ1n) is 7.04. The number of allylic oxidation sites excluding steroid dienone is 2. The summed E-state index contributed by atoms with van der Waals surface area (Å²) < 4.78 is 0. The molecule has 0 fully saturated rings. The van der Waals surface area contributed by atoms with Gasteiger partial charge in [-0.3, -0.25) is 10.1 Å². The summed E-state index contributed by atoms with van der Waals surface area (Å²) in [4.78, 5) is 10.4. The second-order valence-electron chi connectivity index (χ2n) is 4.81. The van der Waals surface area contributed by atoms with Crippen LogP contribution in [0.1, 0.15) is 18.0 Å². The smallest absolute Gasteiger partial charge is 0.269 e. The van der Waals surface area contributed by atoms with E-state index in [0.717, 1.165) is 17.7 Å². The van der Waals surface area contributed by atoms with E-state index in [-0.39, 0.29) is 16.7 Å². The molecule has 4 heteroatoms. The summed E-state index contributed by atoms with van der Waals surface area (Å²) in [5, 5.41) is 14.2. The molecule has 0 amide bonds. The first kappa shape index (κ1) is 15.5. The summed E-state index contributed by atoms with van der Waals surface area (Å²) in [6.45, 7) is 3.66. The summed E-state index contributed by atoms with van der Waals surface area (Å²) in [5.74, 6) is 0. The molecular weight excluding hydrogens is 276 g/mol. The first-order valence-corrected chi connectivity index (χ1v) is 7.04. The van der Waals surface area contributed by atoms with Gasteiger partial charge in [0.15, 0.2) is 0 Å². The van der Waals surface area contributed by atoms with Gasteiger partial charge in [-0.15, -0.1) is 0 Å². The van der Waals surface area contributed by atoms with Crippen molar-refractivity contribution in [3.63, 3.8) is 0 Å². The Morgan fingerprint density at radius 3 is 2.41 bits per heavy atom. The van der Waals surface area contributed by atoms with E-state index in [1.807, 2.05) is 42.5 Å². The molecule has 1 unspecified atom stereocenters. The molecule has 0 heterocycles. The predicted molar refractivity (Wildman–Crippen MR) is 89.9 cm³/mol. The fourth-order valence-corrected chi connectivity index (χ4v) is 2.15. The largest absolute Gasteiger partial charge is 0.378 e. The maximum atomic E-state index is 10.8. The van der Waals surface area contributed by atoms with Gasteiger partial charge in [0, 0.05) is 17.8 Å². The molecule has 0 aliphatic rings. The summed E-state index contributed by atoms with van der Waals surface area (Å²) in [7, 11) is 0. The van der Waals surface area contributed by atoms with Crippen LogP contribution < -0.4 is 5.32 Å². The van der Waals surface area contributed by atoms with Gasteiger partial charge < -0.3 is 5.32 Å². The lowest BCUT2D eigenvalue weighted by atomic mass is 10.0. The molecule has 0 bridgehead atoms. The van der Waals surface area contributed by atoms with E-state index in [0.29, 0.717) is 0 Å². The van der Waals surface area contributed by atoms with Crippen LogP contribution in [0.5, 0.6) is 0 Å². The Balaban J connectivity index is 2.20. The normalized spacial score (nSPS) is 12.0. The highest BCUT2D eigenvalue weighted by Gasteiger charge is 2.12. The Labute approximate surface area is 130 Å². The van der Waals surface area contributed by atoms with Crippen molar-refractivity contribution >= 4 is 11.4 Å². The van der Waals surface area contributed by atoms with Gasteiger partial charge in [0.1, 0.15) is 0 Å². The standard InChI is InChI=1S/C18H18N2O2/c1-2-3-5-10-18(19-16-8-6-4-7-9-16)15-11-13-17(14-12-15)20(21)22/h2-9,11-14,18-19H,1,10H2/b5-3+. The van der Waals surface area contributed by atoms with Crippen LogP contribution in [0.4, 0.5) is 11.4 Å². The number of hydrogen-bond acceptors (Lipinski definition) is 3. The molecule has 1 N–H and O–H groups in total. The molecule has 0 saturated heterocycles. The van der Waals surface area contributed by atoms with Gasteiger partial charge in [-0.25, -0.2) is 0 Å². The molecule has 0 aliphatic heterocycles. The van der Waals surface area contributed by atoms with Gasteiger partial charge in [-0.05, 0) is 24.1 Å². The maximum absolute atomic E-state index is 10.8. The SMILES string of the molecule is C=C/C=C/CC(Nc1ccccc1)c1ccc([N+](=O)[O-])cc1. The zero-order chi connectivity index (χ0) is 15.8. The number of nitrogens with zero attached hydrogens (tertiary/aromatic N) is 1. The fraction of sp³-hybridized carbons (Fsp3) is 0.111. The predicted octanol–water partition coefficient (Wildman–Crippen LogP) is 4.88. The van der Waals surface area contributed by atoms with Gasteiger partial charge >= 0.3 is 0 Å². The summed E-state index contributed by atoms with van der Waals surface area (Å²) in [6.07, 6.45) is 6.41. The summed E-state index contributed by atoms with van der Waals surface area (Å²) in [6, 6.07) is 16.6. The molecule has 0 radical (unpaired) electrons. The Kier molecular flexibility index (Phi) is 5.49. The van der Waals surface area contributed by atoms with Crippen molar-refractivity contribution < 1.29 is 4.92 Å². The molecule has 2 aromatic rings. The second kappa shape index (κ2) is 7.78. The van der Waals surface area contributed by atoms with Crippen LogP contribution in [0.25, 0.3) is 0 Å². The van der Waals surface area contributed by atoms with Crippen molar-refractivity contribution in [3.05, 3.63) is 95.1 Å². The molecule has 2 rings (SSSR count). The number of rotatable bonds is 7. The Hall–Kier alpha value is -2.88. The molecular formula is C18H18N2O2. The van der Waals surface area contributed by atoms with Crippen LogP contribution >= 0.6 is 0 Å². The monoisotopic (exact) mass is 294 g/mol. The third-order valence-corrected chi connectivity index (χ3v) is 3.26. The van der Waals surface area contributed by atoms with Gasteiger partial charge in [0.25, 0.3) is 5.69 Å². The third-order valence-electron chi connectivity index (χ3n) is 3.26. The highest BCUT2D eigenvalue weighted by Crippen LogP contribution is 2.25. The number of nitro benzene ring substituents is 1. The molecule has 0 aliphatic carbocycles. The number of nitrogens with one attached hydrogen (secondary N) is 1. The van der Waals surface area contributed by atoms with Crippen molar-refractivity contribution in [2.75, 3.05) is 5.32 Å². The Morgan fingerprint density at radius 2 is 1.82 bits per heavy atom. The lowest BCUT2D eigenvalue weighted by Crippen LogP contribution is -2.10. The van der Waals surface area contributed by atoms with Crippen molar-refractivity contribution in [3.8, 4) is 0 Å². The maximum Gasteiger partial charge on any atom is 0.269 e. The van der Waals surface area contributed by atoms with E-state index in [4.69, 9.17) is 0 Å². The average Bonchev–Trinajstić information content (AvgIpc) is 2.55. The number of para-hydroxylation sites is 1. The van der Waals surface area contributed by atoms with Gasteiger partial charge in [-0.2, -0.15) is 0 Å². The third kappa shape index (κ3) is 4.31. The van der Waals surface area contributed by atoms with E-state index >= 15 is 0 Å².